The monoisotopic (exact) mass is 268 g/mol. The Hall–Kier alpha value is -1.72. The summed E-state index contributed by atoms with van der Waals surface area (Å²) in [5.74, 6) is -1.48. The van der Waals surface area contributed by atoms with Crippen LogP contribution in [0.1, 0.15) is 18.1 Å². The third-order valence-electron chi connectivity index (χ3n) is 2.33. The molecule has 1 aromatic rings. The minimum absolute atomic E-state index is 0.168. The van der Waals surface area contributed by atoms with Crippen molar-refractivity contribution in [2.75, 3.05) is 19.8 Å². The minimum atomic E-state index is -1.07. The van der Waals surface area contributed by atoms with Crippen LogP contribution in [0.4, 0.5) is 4.39 Å². The van der Waals surface area contributed by atoms with Crippen LogP contribution >= 0.6 is 0 Å². The Kier molecular flexibility index (Phi) is 6.78. The van der Waals surface area contributed by atoms with Gasteiger partial charge in [-0.25, -0.2) is 9.18 Å². The van der Waals surface area contributed by atoms with Crippen LogP contribution in [-0.4, -0.2) is 30.9 Å². The molecule has 0 aromatic heterocycles. The molecule has 0 saturated carbocycles. The van der Waals surface area contributed by atoms with Crippen molar-refractivity contribution in [3.05, 3.63) is 41.2 Å². The van der Waals surface area contributed by atoms with Gasteiger partial charge in [0.15, 0.2) is 0 Å². The molecule has 0 saturated heterocycles. The van der Waals surface area contributed by atoms with Crippen LogP contribution < -0.4 is 0 Å². The fourth-order valence-corrected chi connectivity index (χ4v) is 1.40. The minimum Gasteiger partial charge on any atom is -0.478 e. The molecular formula is C14H17FO4. The van der Waals surface area contributed by atoms with Crippen molar-refractivity contribution < 1.29 is 23.8 Å². The van der Waals surface area contributed by atoms with E-state index in [4.69, 9.17) is 14.6 Å². The van der Waals surface area contributed by atoms with E-state index in [1.807, 2.05) is 6.92 Å². The number of carboxylic acids is 1. The van der Waals surface area contributed by atoms with Crippen LogP contribution in [0.25, 0.3) is 6.08 Å². The van der Waals surface area contributed by atoms with Gasteiger partial charge < -0.3 is 14.6 Å². The highest BCUT2D eigenvalue weighted by molar-refractivity contribution is 5.85. The lowest BCUT2D eigenvalue weighted by atomic mass is 10.1. The summed E-state index contributed by atoms with van der Waals surface area (Å²) in [6.07, 6.45) is 2.30. The molecule has 0 bridgehead atoms. The fraction of sp³-hybridized carbons (Fsp3) is 0.357. The van der Waals surface area contributed by atoms with Crippen molar-refractivity contribution in [1.82, 2.24) is 0 Å². The van der Waals surface area contributed by atoms with E-state index >= 15 is 0 Å². The summed E-state index contributed by atoms with van der Waals surface area (Å²) in [5, 5.41) is 8.47. The maximum absolute atomic E-state index is 13.7. The third-order valence-corrected chi connectivity index (χ3v) is 2.33. The van der Waals surface area contributed by atoms with Crippen molar-refractivity contribution in [3.8, 4) is 0 Å². The zero-order valence-electron chi connectivity index (χ0n) is 10.8. The molecule has 1 aromatic carbocycles. The molecule has 5 heteroatoms. The van der Waals surface area contributed by atoms with Crippen LogP contribution in [0.15, 0.2) is 24.3 Å². The van der Waals surface area contributed by atoms with E-state index in [1.165, 1.54) is 12.1 Å². The van der Waals surface area contributed by atoms with Gasteiger partial charge in [0.1, 0.15) is 5.82 Å². The lowest BCUT2D eigenvalue weighted by molar-refractivity contribution is -0.131. The standard InChI is InChI=1S/C14H17FO4/c1-2-18-7-8-19-10-12-5-3-11(9-13(12)15)4-6-14(16)17/h3-6,9H,2,7-8,10H2,1H3,(H,16,17)/b6-4+. The van der Waals surface area contributed by atoms with Crippen molar-refractivity contribution in [3.63, 3.8) is 0 Å². The van der Waals surface area contributed by atoms with Gasteiger partial charge in [-0.1, -0.05) is 12.1 Å². The first kappa shape index (κ1) is 15.3. The molecule has 1 N–H and O–H groups in total. The van der Waals surface area contributed by atoms with E-state index in [0.29, 0.717) is 30.9 Å². The molecule has 0 radical (unpaired) electrons. The predicted octanol–water partition coefficient (Wildman–Crippen LogP) is 2.48. The number of ether oxygens (including phenoxy) is 2. The normalized spacial score (nSPS) is 11.1. The van der Waals surface area contributed by atoms with Gasteiger partial charge in [-0.3, -0.25) is 0 Å². The molecule has 4 nitrogen and oxygen atoms in total. The Morgan fingerprint density at radius 1 is 1.37 bits per heavy atom. The van der Waals surface area contributed by atoms with Crippen LogP contribution in [0, 0.1) is 5.82 Å². The summed E-state index contributed by atoms with van der Waals surface area (Å²) in [7, 11) is 0. The Morgan fingerprint density at radius 3 is 2.74 bits per heavy atom. The van der Waals surface area contributed by atoms with Crippen LogP contribution in [0.5, 0.6) is 0 Å². The Labute approximate surface area is 111 Å². The topological polar surface area (TPSA) is 55.8 Å². The molecule has 0 atom stereocenters. The molecule has 0 aliphatic carbocycles. The van der Waals surface area contributed by atoms with Gasteiger partial charge in [0.05, 0.1) is 19.8 Å². The number of halogens is 1. The zero-order chi connectivity index (χ0) is 14.1. The molecule has 0 unspecified atom stereocenters. The summed E-state index contributed by atoms with van der Waals surface area (Å²) in [4.78, 5) is 10.3. The molecular weight excluding hydrogens is 251 g/mol. The molecule has 0 heterocycles. The average molecular weight is 268 g/mol. The van der Waals surface area contributed by atoms with E-state index in [9.17, 15) is 9.18 Å². The first-order valence-electron chi connectivity index (χ1n) is 5.98. The molecule has 19 heavy (non-hydrogen) atoms. The van der Waals surface area contributed by atoms with Gasteiger partial charge >= 0.3 is 5.97 Å². The summed E-state index contributed by atoms with van der Waals surface area (Å²) >= 11 is 0. The Morgan fingerprint density at radius 2 is 2.11 bits per heavy atom. The van der Waals surface area contributed by atoms with Crippen LogP contribution in [0.2, 0.25) is 0 Å². The van der Waals surface area contributed by atoms with Crippen LogP contribution in [0.3, 0.4) is 0 Å². The quantitative estimate of drug-likeness (QED) is 0.581. The Balaban J connectivity index is 2.50. The molecule has 0 amide bonds. The maximum Gasteiger partial charge on any atom is 0.328 e. The predicted molar refractivity (Wildman–Crippen MR) is 69.2 cm³/mol. The van der Waals surface area contributed by atoms with E-state index < -0.39 is 11.8 Å². The van der Waals surface area contributed by atoms with Gasteiger partial charge in [0.2, 0.25) is 0 Å². The van der Waals surface area contributed by atoms with Gasteiger partial charge in [-0.15, -0.1) is 0 Å². The molecule has 104 valence electrons. The maximum atomic E-state index is 13.7. The first-order valence-corrected chi connectivity index (χ1v) is 5.98. The van der Waals surface area contributed by atoms with Gasteiger partial charge in [0, 0.05) is 18.2 Å². The lowest BCUT2D eigenvalue weighted by Gasteiger charge is -2.06. The van der Waals surface area contributed by atoms with E-state index in [0.717, 1.165) is 6.08 Å². The van der Waals surface area contributed by atoms with Gasteiger partial charge in [-0.2, -0.15) is 0 Å². The summed E-state index contributed by atoms with van der Waals surface area (Å²) in [5.41, 5.74) is 0.932. The van der Waals surface area contributed by atoms with E-state index in [2.05, 4.69) is 0 Å². The number of aliphatic carboxylic acids is 1. The molecule has 1 rings (SSSR count). The zero-order valence-corrected chi connectivity index (χ0v) is 10.8. The van der Waals surface area contributed by atoms with Crippen molar-refractivity contribution in [2.24, 2.45) is 0 Å². The second-order valence-corrected chi connectivity index (χ2v) is 3.77. The molecule has 0 fully saturated rings. The number of benzene rings is 1. The highest BCUT2D eigenvalue weighted by Gasteiger charge is 2.03. The number of hydrogen-bond acceptors (Lipinski definition) is 3. The number of hydrogen-bond donors (Lipinski definition) is 1. The highest BCUT2D eigenvalue weighted by atomic mass is 19.1. The summed E-state index contributed by atoms with van der Waals surface area (Å²) in [6.45, 7) is 3.58. The van der Waals surface area contributed by atoms with E-state index in [-0.39, 0.29) is 6.61 Å². The van der Waals surface area contributed by atoms with Crippen molar-refractivity contribution in [1.29, 1.82) is 0 Å². The van der Waals surface area contributed by atoms with Crippen LogP contribution in [-0.2, 0) is 20.9 Å². The molecule has 0 aliphatic heterocycles. The Bertz CT molecular complexity index is 443. The first-order chi connectivity index (χ1) is 9.13. The van der Waals surface area contributed by atoms with Gasteiger partial charge in [-0.05, 0) is 24.6 Å². The molecule has 0 spiro atoms. The summed E-state index contributed by atoms with van der Waals surface area (Å²) in [6, 6.07) is 4.50. The smallest absolute Gasteiger partial charge is 0.328 e. The largest absolute Gasteiger partial charge is 0.478 e. The number of carbonyl (C=O) groups is 1. The van der Waals surface area contributed by atoms with Gasteiger partial charge in [0.25, 0.3) is 0 Å². The lowest BCUT2D eigenvalue weighted by Crippen LogP contribution is -2.04. The second-order valence-electron chi connectivity index (χ2n) is 3.77. The SMILES string of the molecule is CCOCCOCc1ccc(/C=C/C(=O)O)cc1F. The van der Waals surface area contributed by atoms with Crippen molar-refractivity contribution >= 4 is 12.0 Å². The number of carboxylic acid groups (broad SMARTS) is 1. The van der Waals surface area contributed by atoms with Crippen molar-refractivity contribution in [2.45, 2.75) is 13.5 Å². The second kappa shape index (κ2) is 8.39. The number of rotatable bonds is 8. The highest BCUT2D eigenvalue weighted by Crippen LogP contribution is 2.13. The summed E-state index contributed by atoms with van der Waals surface area (Å²) < 4.78 is 24.0. The van der Waals surface area contributed by atoms with E-state index in [1.54, 1.807) is 12.1 Å². The third kappa shape index (κ3) is 6.13. The fourth-order valence-electron chi connectivity index (χ4n) is 1.40. The molecule has 0 aliphatic rings. The average Bonchev–Trinajstić information content (AvgIpc) is 2.38.